The van der Waals surface area contributed by atoms with Crippen LogP contribution < -0.4 is 0 Å². The van der Waals surface area contributed by atoms with Gasteiger partial charge < -0.3 is 19.3 Å². The van der Waals surface area contributed by atoms with Crippen LogP contribution in [-0.2, 0) is 22.3 Å². The van der Waals surface area contributed by atoms with Crippen molar-refractivity contribution in [2.75, 3.05) is 0 Å². The minimum atomic E-state index is -0.0963. The number of aromatic hydroxyl groups is 2. The summed E-state index contributed by atoms with van der Waals surface area (Å²) in [4.78, 5) is 0. The lowest BCUT2D eigenvalue weighted by molar-refractivity contribution is 0.466. The second-order valence-corrected chi connectivity index (χ2v) is 21.4. The lowest BCUT2D eigenvalue weighted by atomic mass is 9.85. The lowest BCUT2D eigenvalue weighted by Gasteiger charge is -2.30. The van der Waals surface area contributed by atoms with Crippen molar-refractivity contribution < 1.29 is 10.2 Å². The number of rotatable bonds is 8. The van der Waals surface area contributed by atoms with E-state index in [0.717, 1.165) is 68.9 Å². The van der Waals surface area contributed by atoms with E-state index in [9.17, 15) is 10.2 Å². The van der Waals surface area contributed by atoms with Crippen LogP contribution in [0.15, 0.2) is 121 Å². The van der Waals surface area contributed by atoms with Gasteiger partial charge in [-0.15, -0.1) is 0 Å². The summed E-state index contributed by atoms with van der Waals surface area (Å²) in [5.74, 6) is 2.23. The standard InChI is InChI=1S/C54H58N2O2S2/c1-53(2,3)37-29-35(51(57)47(31-37)55-43-23-15-11-19-39(43)40-20-12-16-24-44(40)55)33-59-49-27-9-7-8-10-28-50(49)60-34-36-30-38(54(4,5)6)32-48(52(36)58)56-45-25-17-13-21-41(45)42-22-14-18-26-46(42)56/h11-26,29-32,49-50,57-58H,7-10,27-28,33-34H2,1-6H3. The number of phenolic OH excluding ortho intramolecular Hbond substituents is 2. The van der Waals surface area contributed by atoms with E-state index in [2.05, 4.69) is 172 Å². The van der Waals surface area contributed by atoms with Crippen LogP contribution in [0.2, 0.25) is 0 Å². The van der Waals surface area contributed by atoms with E-state index in [1.165, 1.54) is 58.4 Å². The molecule has 1 saturated carbocycles. The molecule has 0 bridgehead atoms. The third kappa shape index (κ3) is 7.60. The molecule has 9 rings (SSSR count). The Morgan fingerprint density at radius 1 is 0.467 bits per heavy atom. The van der Waals surface area contributed by atoms with E-state index < -0.39 is 0 Å². The van der Waals surface area contributed by atoms with E-state index in [1.807, 2.05) is 23.5 Å². The molecule has 2 aromatic heterocycles. The van der Waals surface area contributed by atoms with Crippen LogP contribution in [0.3, 0.4) is 0 Å². The van der Waals surface area contributed by atoms with Crippen LogP contribution in [0.5, 0.6) is 11.5 Å². The van der Waals surface area contributed by atoms with Gasteiger partial charge in [-0.2, -0.15) is 23.5 Å². The first-order valence-electron chi connectivity index (χ1n) is 21.8. The molecule has 2 heterocycles. The summed E-state index contributed by atoms with van der Waals surface area (Å²) in [6.07, 6.45) is 7.29. The number of benzene rings is 6. The zero-order chi connectivity index (χ0) is 41.8. The van der Waals surface area contributed by atoms with E-state index in [-0.39, 0.29) is 10.8 Å². The Morgan fingerprint density at radius 3 is 1.10 bits per heavy atom. The van der Waals surface area contributed by atoms with Crippen molar-refractivity contribution in [1.29, 1.82) is 0 Å². The zero-order valence-electron chi connectivity index (χ0n) is 36.0. The smallest absolute Gasteiger partial charge is 0.143 e. The molecular formula is C54H58N2O2S2. The number of hydrogen-bond donors (Lipinski definition) is 2. The van der Waals surface area contributed by atoms with Crippen LogP contribution in [0.25, 0.3) is 55.0 Å². The predicted octanol–water partition coefficient (Wildman–Crippen LogP) is 15.1. The van der Waals surface area contributed by atoms with Crippen LogP contribution in [0.1, 0.15) is 102 Å². The first-order chi connectivity index (χ1) is 28.9. The summed E-state index contributed by atoms with van der Waals surface area (Å²) >= 11 is 4.04. The fourth-order valence-electron chi connectivity index (χ4n) is 9.34. The molecule has 0 radical (unpaired) electrons. The molecule has 2 atom stereocenters. The SMILES string of the molecule is CC(C)(C)c1cc(CSC2CCCCCCC2SCc2cc(C(C)(C)C)cc(-n3c4ccccc4c4ccccc43)c2O)c(O)c(-n2c3ccccc3c3ccccc32)c1. The van der Waals surface area contributed by atoms with Crippen LogP contribution in [0.4, 0.5) is 0 Å². The van der Waals surface area contributed by atoms with Crippen LogP contribution in [0, 0.1) is 0 Å². The van der Waals surface area contributed by atoms with Gasteiger partial charge in [0.05, 0.1) is 33.4 Å². The Balaban J connectivity index is 1.05. The average molecular weight is 831 g/mol. The monoisotopic (exact) mass is 830 g/mol. The number of para-hydroxylation sites is 4. The molecule has 2 unspecified atom stereocenters. The molecule has 6 heteroatoms. The molecule has 0 saturated heterocycles. The Bertz CT molecular complexity index is 2550. The zero-order valence-corrected chi connectivity index (χ0v) is 37.6. The molecule has 2 N–H and O–H groups in total. The molecule has 6 aromatic carbocycles. The lowest BCUT2D eigenvalue weighted by Crippen LogP contribution is -2.22. The highest BCUT2D eigenvalue weighted by molar-refractivity contribution is 8.03. The molecule has 1 aliphatic carbocycles. The van der Waals surface area contributed by atoms with E-state index >= 15 is 0 Å². The van der Waals surface area contributed by atoms with Gasteiger partial charge >= 0.3 is 0 Å². The summed E-state index contributed by atoms with van der Waals surface area (Å²) < 4.78 is 4.54. The van der Waals surface area contributed by atoms with Gasteiger partial charge in [-0.05, 0) is 71.2 Å². The summed E-state index contributed by atoms with van der Waals surface area (Å²) in [6.45, 7) is 13.6. The Morgan fingerprint density at radius 2 is 0.783 bits per heavy atom. The quantitative estimate of drug-likeness (QED) is 0.160. The second-order valence-electron chi connectivity index (χ2n) is 18.9. The average Bonchev–Trinajstić information content (AvgIpc) is 3.73. The molecule has 1 aliphatic rings. The highest BCUT2D eigenvalue weighted by atomic mass is 32.2. The second kappa shape index (κ2) is 16.2. The number of nitrogens with zero attached hydrogens (tertiary/aromatic N) is 2. The largest absolute Gasteiger partial charge is 0.505 e. The Kier molecular flexibility index (Phi) is 11.0. The number of phenols is 2. The first kappa shape index (κ1) is 40.6. The van der Waals surface area contributed by atoms with Crippen molar-refractivity contribution in [3.63, 3.8) is 0 Å². The topological polar surface area (TPSA) is 50.3 Å². The van der Waals surface area contributed by atoms with Crippen molar-refractivity contribution in [1.82, 2.24) is 9.13 Å². The van der Waals surface area contributed by atoms with E-state index in [4.69, 9.17) is 0 Å². The maximum Gasteiger partial charge on any atom is 0.143 e. The molecule has 0 amide bonds. The fraction of sp³-hybridized carbons (Fsp3) is 0.333. The van der Waals surface area contributed by atoms with Crippen LogP contribution >= 0.6 is 23.5 Å². The highest BCUT2D eigenvalue weighted by Gasteiger charge is 2.28. The van der Waals surface area contributed by atoms with E-state index in [1.54, 1.807) is 0 Å². The number of aromatic nitrogens is 2. The number of fused-ring (bicyclic) bond motifs is 6. The Labute approximate surface area is 364 Å². The Hall–Kier alpha value is -4.78. The van der Waals surface area contributed by atoms with Gasteiger partial charge in [-0.3, -0.25) is 0 Å². The third-order valence-electron chi connectivity index (χ3n) is 12.8. The van der Waals surface area contributed by atoms with Crippen molar-refractivity contribution in [3.05, 3.63) is 144 Å². The minimum absolute atomic E-state index is 0.0963. The molecule has 4 nitrogen and oxygen atoms in total. The predicted molar refractivity (Wildman–Crippen MR) is 260 cm³/mol. The molecule has 60 heavy (non-hydrogen) atoms. The van der Waals surface area contributed by atoms with Crippen LogP contribution in [-0.4, -0.2) is 29.8 Å². The van der Waals surface area contributed by atoms with E-state index in [0.29, 0.717) is 22.0 Å². The third-order valence-corrected chi connectivity index (χ3v) is 15.9. The van der Waals surface area contributed by atoms with Gasteiger partial charge in [0.1, 0.15) is 11.5 Å². The summed E-state index contributed by atoms with van der Waals surface area (Å²) in [5.41, 5.74) is 10.4. The molecule has 0 spiro atoms. The molecule has 8 aromatic rings. The van der Waals surface area contributed by atoms with Gasteiger partial charge in [-0.1, -0.05) is 152 Å². The molecule has 308 valence electrons. The number of hydrogen-bond acceptors (Lipinski definition) is 4. The van der Waals surface area contributed by atoms with Crippen molar-refractivity contribution in [2.45, 2.75) is 113 Å². The van der Waals surface area contributed by atoms with Crippen molar-refractivity contribution in [3.8, 4) is 22.9 Å². The normalized spacial score (nSPS) is 16.8. The van der Waals surface area contributed by atoms with Gasteiger partial charge in [0.15, 0.2) is 0 Å². The summed E-state index contributed by atoms with van der Waals surface area (Å²) in [7, 11) is 0. The fourth-order valence-corrected chi connectivity index (χ4v) is 12.4. The maximum atomic E-state index is 12.3. The van der Waals surface area contributed by atoms with Crippen molar-refractivity contribution in [2.24, 2.45) is 0 Å². The molecule has 0 aliphatic heterocycles. The summed E-state index contributed by atoms with van der Waals surface area (Å²) in [6, 6.07) is 43.1. The molecular weight excluding hydrogens is 773 g/mol. The van der Waals surface area contributed by atoms with Crippen molar-refractivity contribution >= 4 is 67.1 Å². The highest BCUT2D eigenvalue weighted by Crippen LogP contribution is 2.45. The van der Waals surface area contributed by atoms with Gasteiger partial charge in [0.2, 0.25) is 0 Å². The number of thioether (sulfide) groups is 2. The van der Waals surface area contributed by atoms with Gasteiger partial charge in [-0.25, -0.2) is 0 Å². The first-order valence-corrected chi connectivity index (χ1v) is 23.9. The van der Waals surface area contributed by atoms with Gasteiger partial charge in [0, 0.05) is 54.7 Å². The summed E-state index contributed by atoms with van der Waals surface area (Å²) in [5, 5.41) is 30.2. The maximum absolute atomic E-state index is 12.3. The molecule has 1 fully saturated rings. The van der Waals surface area contributed by atoms with Gasteiger partial charge in [0.25, 0.3) is 0 Å². The minimum Gasteiger partial charge on any atom is -0.505 e.